The number of carbonyl (C=O) groups is 4. The molecule has 3 aromatic rings. The smallest absolute Gasteiger partial charge is 0.349 e. The number of carboxylic acids is 1. The van der Waals surface area contributed by atoms with E-state index in [1.54, 1.807) is 30.3 Å². The average molecular weight is 522 g/mol. The molecule has 0 aliphatic heterocycles. The molecule has 10 heteroatoms. The largest absolute Gasteiger partial charge is 0.497 e. The fraction of sp³-hybridized carbons (Fsp3) is 0.214. The van der Waals surface area contributed by atoms with Crippen LogP contribution in [0, 0.1) is 13.8 Å². The molecule has 0 saturated heterocycles. The summed E-state index contributed by atoms with van der Waals surface area (Å²) in [7, 11) is 2.80. The second-order valence-electron chi connectivity index (χ2n) is 8.24. The third-order valence-corrected chi connectivity index (χ3v) is 5.63. The third kappa shape index (κ3) is 6.88. The summed E-state index contributed by atoms with van der Waals surface area (Å²) < 4.78 is 20.7. The van der Waals surface area contributed by atoms with Crippen LogP contribution < -0.4 is 14.8 Å². The number of aliphatic carboxylic acids is 1. The molecule has 10 nitrogen and oxygen atoms in total. The molecule has 2 N–H and O–H groups in total. The van der Waals surface area contributed by atoms with Gasteiger partial charge >= 0.3 is 17.9 Å². The number of carbonyl (C=O) groups excluding carboxylic acids is 3. The van der Waals surface area contributed by atoms with Crippen molar-refractivity contribution in [2.24, 2.45) is 0 Å². The minimum atomic E-state index is -2.17. The summed E-state index contributed by atoms with van der Waals surface area (Å²) in [5, 5.41) is 12.4. The molecule has 38 heavy (non-hydrogen) atoms. The van der Waals surface area contributed by atoms with Crippen molar-refractivity contribution in [3.05, 3.63) is 89.0 Å². The van der Waals surface area contributed by atoms with Crippen LogP contribution in [-0.4, -0.2) is 55.3 Å². The Bertz CT molecular complexity index is 1350. The number of methoxy groups -OCH3 is 2. The molecule has 2 atom stereocenters. The highest BCUT2D eigenvalue weighted by atomic mass is 16.6. The summed E-state index contributed by atoms with van der Waals surface area (Å²) >= 11 is 0. The monoisotopic (exact) mass is 521 g/mol. The Kier molecular flexibility index (Phi) is 9.04. The molecule has 3 rings (SSSR count). The van der Waals surface area contributed by atoms with Crippen molar-refractivity contribution in [1.82, 2.24) is 0 Å². The minimum Gasteiger partial charge on any atom is -0.497 e. The maximum atomic E-state index is 13.3. The summed E-state index contributed by atoms with van der Waals surface area (Å²) in [6.07, 6.45) is -4.21. The third-order valence-electron chi connectivity index (χ3n) is 5.63. The van der Waals surface area contributed by atoms with Crippen molar-refractivity contribution in [1.29, 1.82) is 0 Å². The van der Waals surface area contributed by atoms with Crippen molar-refractivity contribution in [3.8, 4) is 11.5 Å². The first-order chi connectivity index (χ1) is 18.1. The van der Waals surface area contributed by atoms with E-state index < -0.39 is 36.0 Å². The maximum Gasteiger partial charge on any atom is 0.349 e. The first-order valence-electron chi connectivity index (χ1n) is 11.4. The van der Waals surface area contributed by atoms with Gasteiger partial charge in [0, 0.05) is 5.69 Å². The number of rotatable bonds is 10. The molecular formula is C28H27NO9. The molecule has 1 amide bonds. The van der Waals surface area contributed by atoms with Crippen LogP contribution in [0.1, 0.15) is 31.8 Å². The summed E-state index contributed by atoms with van der Waals surface area (Å²) in [5.41, 5.74) is 2.15. The predicted octanol–water partition coefficient (Wildman–Crippen LogP) is 3.79. The van der Waals surface area contributed by atoms with Gasteiger partial charge in [-0.2, -0.15) is 0 Å². The lowest BCUT2D eigenvalue weighted by atomic mass is 10.1. The van der Waals surface area contributed by atoms with Gasteiger partial charge in [-0.25, -0.2) is 14.4 Å². The molecule has 0 saturated carbocycles. The average Bonchev–Trinajstić information content (AvgIpc) is 2.92. The van der Waals surface area contributed by atoms with Crippen molar-refractivity contribution < 1.29 is 43.2 Å². The molecule has 3 aromatic carbocycles. The zero-order valence-electron chi connectivity index (χ0n) is 21.2. The zero-order valence-corrected chi connectivity index (χ0v) is 21.2. The van der Waals surface area contributed by atoms with Crippen LogP contribution in [0.15, 0.2) is 66.7 Å². The van der Waals surface area contributed by atoms with Crippen molar-refractivity contribution in [2.45, 2.75) is 26.1 Å². The molecule has 0 aromatic heterocycles. The molecule has 0 aliphatic rings. The van der Waals surface area contributed by atoms with Crippen LogP contribution in [0.4, 0.5) is 5.69 Å². The lowest BCUT2D eigenvalue weighted by molar-refractivity contribution is -0.157. The summed E-state index contributed by atoms with van der Waals surface area (Å²) in [6.45, 7) is 3.72. The Morgan fingerprint density at radius 1 is 0.711 bits per heavy atom. The molecule has 0 unspecified atom stereocenters. The number of nitrogens with one attached hydrogen (secondary N) is 1. The van der Waals surface area contributed by atoms with E-state index in [2.05, 4.69) is 5.32 Å². The van der Waals surface area contributed by atoms with Gasteiger partial charge in [-0.05, 0) is 73.5 Å². The highest BCUT2D eigenvalue weighted by Crippen LogP contribution is 2.20. The number of ether oxygens (including phenoxy) is 4. The van der Waals surface area contributed by atoms with Gasteiger partial charge in [0.2, 0.25) is 12.2 Å². The first-order valence-corrected chi connectivity index (χ1v) is 11.4. The molecule has 0 spiro atoms. The standard InChI is InChI=1S/C28H27NO9/c1-16-11-12-20(13-17(16)2)29-25(30)23(37-27(33)18-7-5-9-21(14-18)35-3)24(26(31)32)38-28(34)19-8-6-10-22(15-19)36-4/h5-15,23-24H,1-4H3,(H,29,30)(H,31,32)/t23-,24+/m0/s1. The van der Waals surface area contributed by atoms with Crippen LogP contribution >= 0.6 is 0 Å². The zero-order chi connectivity index (χ0) is 27.8. The van der Waals surface area contributed by atoms with Crippen molar-refractivity contribution >= 4 is 29.5 Å². The van der Waals surface area contributed by atoms with E-state index >= 15 is 0 Å². The number of hydrogen-bond donors (Lipinski definition) is 2. The van der Waals surface area contributed by atoms with Gasteiger partial charge in [0.1, 0.15) is 11.5 Å². The Hall–Kier alpha value is -4.86. The number of benzene rings is 3. The number of esters is 2. The maximum absolute atomic E-state index is 13.3. The Morgan fingerprint density at radius 2 is 1.24 bits per heavy atom. The van der Waals surface area contributed by atoms with Crippen LogP contribution in [-0.2, 0) is 19.1 Å². The van der Waals surface area contributed by atoms with Crippen LogP contribution in [0.5, 0.6) is 11.5 Å². The van der Waals surface area contributed by atoms with Crippen LogP contribution in [0.3, 0.4) is 0 Å². The van der Waals surface area contributed by atoms with Gasteiger partial charge in [-0.15, -0.1) is 0 Å². The highest BCUT2D eigenvalue weighted by Gasteiger charge is 2.41. The minimum absolute atomic E-state index is 0.00316. The van der Waals surface area contributed by atoms with E-state index in [0.29, 0.717) is 17.2 Å². The molecule has 0 heterocycles. The van der Waals surface area contributed by atoms with Crippen LogP contribution in [0.25, 0.3) is 0 Å². The van der Waals surface area contributed by atoms with Gasteiger partial charge in [0.25, 0.3) is 5.91 Å². The van der Waals surface area contributed by atoms with Gasteiger partial charge in [-0.1, -0.05) is 18.2 Å². The summed E-state index contributed by atoms with van der Waals surface area (Å²) in [6, 6.07) is 16.8. The van der Waals surface area contributed by atoms with E-state index in [1.165, 1.54) is 50.6 Å². The second-order valence-corrected chi connectivity index (χ2v) is 8.24. The van der Waals surface area contributed by atoms with E-state index in [-0.39, 0.29) is 11.1 Å². The first kappa shape index (κ1) is 27.7. The quantitative estimate of drug-likeness (QED) is 0.382. The lowest BCUT2D eigenvalue weighted by Gasteiger charge is -2.24. The lowest BCUT2D eigenvalue weighted by Crippen LogP contribution is -2.48. The van der Waals surface area contributed by atoms with Crippen molar-refractivity contribution in [2.75, 3.05) is 19.5 Å². The number of hydrogen-bond acceptors (Lipinski definition) is 8. The Labute approximate surface area is 219 Å². The van der Waals surface area contributed by atoms with Crippen molar-refractivity contribution in [3.63, 3.8) is 0 Å². The molecule has 0 fully saturated rings. The highest BCUT2D eigenvalue weighted by molar-refractivity contribution is 6.01. The second kappa shape index (κ2) is 12.4. The van der Waals surface area contributed by atoms with E-state index in [9.17, 15) is 24.3 Å². The van der Waals surface area contributed by atoms with Gasteiger partial charge in [-0.3, -0.25) is 4.79 Å². The fourth-order valence-corrected chi connectivity index (χ4v) is 3.39. The number of aryl methyl sites for hydroxylation is 2. The number of anilines is 1. The SMILES string of the molecule is COc1cccc(C(=O)O[C@H](C(=O)Nc2ccc(C)c(C)c2)[C@@H](OC(=O)c2cccc(OC)c2)C(=O)O)c1. The summed E-state index contributed by atoms with van der Waals surface area (Å²) in [5.74, 6) is -4.10. The molecule has 0 aliphatic carbocycles. The van der Waals surface area contributed by atoms with Crippen LogP contribution in [0.2, 0.25) is 0 Å². The number of amides is 1. The summed E-state index contributed by atoms with van der Waals surface area (Å²) in [4.78, 5) is 51.2. The van der Waals surface area contributed by atoms with Gasteiger partial charge in [0.05, 0.1) is 25.3 Å². The van der Waals surface area contributed by atoms with Gasteiger partial charge in [0.15, 0.2) is 0 Å². The topological polar surface area (TPSA) is 137 Å². The Balaban J connectivity index is 1.94. The molecular weight excluding hydrogens is 494 g/mol. The predicted molar refractivity (Wildman–Crippen MR) is 137 cm³/mol. The molecule has 198 valence electrons. The van der Waals surface area contributed by atoms with E-state index in [4.69, 9.17) is 18.9 Å². The van der Waals surface area contributed by atoms with E-state index in [0.717, 1.165) is 11.1 Å². The molecule has 0 bridgehead atoms. The van der Waals surface area contributed by atoms with E-state index in [1.807, 2.05) is 13.8 Å². The van der Waals surface area contributed by atoms with Gasteiger partial charge < -0.3 is 29.4 Å². The number of carboxylic acid groups (broad SMARTS) is 1. The fourth-order valence-electron chi connectivity index (χ4n) is 3.39. The normalized spacial score (nSPS) is 12.0. The Morgan fingerprint density at radius 3 is 1.71 bits per heavy atom. The molecule has 0 radical (unpaired) electrons.